The second kappa shape index (κ2) is 10.2. The Balaban J connectivity index is 0.00000264. The quantitative estimate of drug-likeness (QED) is 0.425. The lowest BCUT2D eigenvalue weighted by Gasteiger charge is -2.11. The van der Waals surface area contributed by atoms with Crippen molar-refractivity contribution >= 4 is 41.3 Å². The van der Waals surface area contributed by atoms with Crippen LogP contribution in [0.2, 0.25) is 0 Å². The van der Waals surface area contributed by atoms with E-state index in [0.29, 0.717) is 12.1 Å². The van der Waals surface area contributed by atoms with Crippen molar-refractivity contribution in [3.05, 3.63) is 51.5 Å². The van der Waals surface area contributed by atoms with Crippen molar-refractivity contribution in [3.8, 4) is 6.07 Å². The molecular weight excluding hydrogens is 421 g/mol. The topological polar surface area (TPSA) is 73.1 Å². The van der Waals surface area contributed by atoms with E-state index in [1.54, 1.807) is 18.4 Å². The van der Waals surface area contributed by atoms with E-state index >= 15 is 0 Å². The lowest BCUT2D eigenvalue weighted by Crippen LogP contribution is -2.37. The number of aliphatic imine (C=N–C) groups is 1. The van der Waals surface area contributed by atoms with E-state index in [1.165, 1.54) is 0 Å². The molecule has 0 aliphatic heterocycles. The van der Waals surface area contributed by atoms with Crippen LogP contribution in [-0.4, -0.2) is 24.5 Å². The van der Waals surface area contributed by atoms with Crippen LogP contribution in [0.25, 0.3) is 0 Å². The minimum Gasteiger partial charge on any atom is -0.356 e. The highest BCUT2D eigenvalue weighted by Crippen LogP contribution is 2.07. The first kappa shape index (κ1) is 19.4. The number of nitrogens with one attached hydrogen (secondary N) is 2. The van der Waals surface area contributed by atoms with E-state index in [0.717, 1.165) is 35.2 Å². The van der Waals surface area contributed by atoms with E-state index in [4.69, 9.17) is 5.26 Å². The molecule has 1 aromatic heterocycles. The maximum absolute atomic E-state index is 8.78. The molecule has 0 bridgehead atoms. The fourth-order valence-corrected chi connectivity index (χ4v) is 2.58. The Bertz CT molecular complexity index is 673. The zero-order valence-corrected chi connectivity index (χ0v) is 16.3. The van der Waals surface area contributed by atoms with Crippen LogP contribution in [0.15, 0.2) is 34.6 Å². The minimum absolute atomic E-state index is 0. The number of halogens is 1. The maximum atomic E-state index is 8.78. The highest BCUT2D eigenvalue weighted by molar-refractivity contribution is 14.0. The van der Waals surface area contributed by atoms with Gasteiger partial charge in [-0.3, -0.25) is 4.99 Å². The first-order valence-electron chi connectivity index (χ1n) is 7.06. The van der Waals surface area contributed by atoms with Crippen LogP contribution in [0.3, 0.4) is 0 Å². The number of aromatic nitrogens is 1. The summed E-state index contributed by atoms with van der Waals surface area (Å²) in [5, 5.41) is 18.5. The van der Waals surface area contributed by atoms with Crippen molar-refractivity contribution in [1.29, 1.82) is 5.26 Å². The maximum Gasteiger partial charge on any atom is 0.191 e. The molecule has 5 nitrogen and oxygen atoms in total. The Kier molecular flexibility index (Phi) is 8.58. The van der Waals surface area contributed by atoms with Crippen LogP contribution in [0.5, 0.6) is 0 Å². The Morgan fingerprint density at radius 3 is 2.61 bits per heavy atom. The number of benzene rings is 1. The number of rotatable bonds is 5. The second-order valence-electron chi connectivity index (χ2n) is 4.77. The third-order valence-electron chi connectivity index (χ3n) is 3.11. The first-order valence-corrected chi connectivity index (χ1v) is 7.94. The molecule has 0 amide bonds. The highest BCUT2D eigenvalue weighted by Gasteiger charge is 2.01. The summed E-state index contributed by atoms with van der Waals surface area (Å²) in [6, 6.07) is 9.63. The predicted octanol–water partition coefficient (Wildman–Crippen LogP) is 2.85. The Hall–Kier alpha value is -1.66. The molecule has 23 heavy (non-hydrogen) atoms. The number of thiazole rings is 1. The monoisotopic (exact) mass is 441 g/mol. The molecule has 0 aliphatic rings. The fourth-order valence-electron chi connectivity index (χ4n) is 1.94. The van der Waals surface area contributed by atoms with Gasteiger partial charge in [0.25, 0.3) is 0 Å². The third kappa shape index (κ3) is 6.54. The number of nitrogens with zero attached hydrogens (tertiary/aromatic N) is 3. The normalized spacial score (nSPS) is 10.6. The molecule has 0 saturated carbocycles. The van der Waals surface area contributed by atoms with Gasteiger partial charge in [-0.05, 0) is 24.6 Å². The van der Waals surface area contributed by atoms with Gasteiger partial charge in [0, 0.05) is 31.9 Å². The Morgan fingerprint density at radius 1 is 1.30 bits per heavy atom. The zero-order chi connectivity index (χ0) is 15.8. The second-order valence-corrected chi connectivity index (χ2v) is 5.83. The van der Waals surface area contributed by atoms with Gasteiger partial charge in [-0.15, -0.1) is 35.3 Å². The average molecular weight is 441 g/mol. The van der Waals surface area contributed by atoms with Crippen molar-refractivity contribution in [2.75, 3.05) is 13.6 Å². The van der Waals surface area contributed by atoms with Crippen LogP contribution in [-0.2, 0) is 13.0 Å². The van der Waals surface area contributed by atoms with Gasteiger partial charge in [0.05, 0.1) is 22.3 Å². The molecule has 122 valence electrons. The SMILES string of the molecule is CN=C(NCCc1csc(C)n1)NCc1ccc(C#N)cc1.I. The van der Waals surface area contributed by atoms with Crippen LogP contribution < -0.4 is 10.6 Å². The molecule has 7 heteroatoms. The Labute approximate surface area is 157 Å². The molecule has 2 aromatic rings. The highest BCUT2D eigenvalue weighted by atomic mass is 127. The summed E-state index contributed by atoms with van der Waals surface area (Å²) < 4.78 is 0. The van der Waals surface area contributed by atoms with Gasteiger partial charge in [0.2, 0.25) is 0 Å². The van der Waals surface area contributed by atoms with Gasteiger partial charge in [-0.2, -0.15) is 5.26 Å². The summed E-state index contributed by atoms with van der Waals surface area (Å²) in [6.45, 7) is 3.47. The van der Waals surface area contributed by atoms with Crippen molar-refractivity contribution < 1.29 is 0 Å². The predicted molar refractivity (Wildman–Crippen MR) is 105 cm³/mol. The lowest BCUT2D eigenvalue weighted by atomic mass is 10.1. The van der Waals surface area contributed by atoms with Gasteiger partial charge < -0.3 is 10.6 Å². The number of guanidine groups is 1. The number of aryl methyl sites for hydroxylation is 1. The van der Waals surface area contributed by atoms with Crippen LogP contribution >= 0.6 is 35.3 Å². The Morgan fingerprint density at radius 2 is 2.04 bits per heavy atom. The van der Waals surface area contributed by atoms with Crippen molar-refractivity contribution in [1.82, 2.24) is 15.6 Å². The van der Waals surface area contributed by atoms with Crippen molar-refractivity contribution in [2.24, 2.45) is 4.99 Å². The molecule has 2 rings (SSSR count). The molecule has 0 unspecified atom stereocenters. The van der Waals surface area contributed by atoms with Gasteiger partial charge >= 0.3 is 0 Å². The van der Waals surface area contributed by atoms with E-state index in [9.17, 15) is 0 Å². The number of nitriles is 1. The van der Waals surface area contributed by atoms with Gasteiger partial charge in [0.1, 0.15) is 0 Å². The van der Waals surface area contributed by atoms with Crippen LogP contribution in [0.4, 0.5) is 0 Å². The van der Waals surface area contributed by atoms with Crippen molar-refractivity contribution in [3.63, 3.8) is 0 Å². The summed E-state index contributed by atoms with van der Waals surface area (Å²) in [4.78, 5) is 8.63. The molecule has 2 N–H and O–H groups in total. The standard InChI is InChI=1S/C16H19N5S.HI/c1-12-21-15(11-22-12)7-8-19-16(18-2)20-10-14-5-3-13(9-17)4-6-14;/h3-6,11H,7-8,10H2,1-2H3,(H2,18,19,20);1H. The van der Waals surface area contributed by atoms with E-state index in [1.807, 2.05) is 31.2 Å². The largest absolute Gasteiger partial charge is 0.356 e. The van der Waals surface area contributed by atoms with E-state index < -0.39 is 0 Å². The zero-order valence-electron chi connectivity index (χ0n) is 13.2. The minimum atomic E-state index is 0. The number of hydrogen-bond donors (Lipinski definition) is 2. The summed E-state index contributed by atoms with van der Waals surface area (Å²) >= 11 is 1.67. The molecule has 0 atom stereocenters. The molecule has 0 saturated heterocycles. The smallest absolute Gasteiger partial charge is 0.191 e. The summed E-state index contributed by atoms with van der Waals surface area (Å²) in [6.07, 6.45) is 0.877. The molecule has 1 heterocycles. The molecule has 0 aliphatic carbocycles. The number of hydrogen-bond acceptors (Lipinski definition) is 4. The lowest BCUT2D eigenvalue weighted by molar-refractivity contribution is 0.786. The molecule has 0 fully saturated rings. The van der Waals surface area contributed by atoms with E-state index in [-0.39, 0.29) is 24.0 Å². The fraction of sp³-hybridized carbons (Fsp3) is 0.312. The summed E-state index contributed by atoms with van der Waals surface area (Å²) in [7, 11) is 1.75. The van der Waals surface area contributed by atoms with Crippen LogP contribution in [0.1, 0.15) is 21.8 Å². The van der Waals surface area contributed by atoms with Gasteiger partial charge in [0.15, 0.2) is 5.96 Å². The van der Waals surface area contributed by atoms with E-state index in [2.05, 4.69) is 32.1 Å². The molecule has 0 spiro atoms. The molecule has 1 aromatic carbocycles. The van der Waals surface area contributed by atoms with Gasteiger partial charge in [-0.25, -0.2) is 4.98 Å². The average Bonchev–Trinajstić information content (AvgIpc) is 2.96. The third-order valence-corrected chi connectivity index (χ3v) is 3.93. The summed E-state index contributed by atoms with van der Waals surface area (Å²) in [5.74, 6) is 0.760. The molecule has 0 radical (unpaired) electrons. The van der Waals surface area contributed by atoms with Crippen LogP contribution in [0, 0.1) is 18.3 Å². The molecular formula is C16H20IN5S. The summed E-state index contributed by atoms with van der Waals surface area (Å²) in [5.41, 5.74) is 2.89. The van der Waals surface area contributed by atoms with Crippen molar-refractivity contribution in [2.45, 2.75) is 19.9 Å². The first-order chi connectivity index (χ1) is 10.7. The van der Waals surface area contributed by atoms with Gasteiger partial charge in [-0.1, -0.05) is 12.1 Å².